The molecule has 1 atom stereocenters. The number of carbonyl (C=O) groups excluding carboxylic acids is 2. The number of nitrogens with one attached hydrogen (secondary N) is 2. The summed E-state index contributed by atoms with van der Waals surface area (Å²) in [4.78, 5) is 34.6. The van der Waals surface area contributed by atoms with Crippen molar-refractivity contribution in [2.45, 2.75) is 39.7 Å². The Hall–Kier alpha value is -2.37. The fourth-order valence-electron chi connectivity index (χ4n) is 2.07. The first-order chi connectivity index (χ1) is 10.4. The smallest absolute Gasteiger partial charge is 0.330 e. The summed E-state index contributed by atoms with van der Waals surface area (Å²) < 4.78 is 0. The van der Waals surface area contributed by atoms with Gasteiger partial charge in [-0.25, -0.2) is 4.79 Å². The van der Waals surface area contributed by atoms with Crippen LogP contribution >= 0.6 is 0 Å². The van der Waals surface area contributed by atoms with E-state index in [1.165, 1.54) is 0 Å². The van der Waals surface area contributed by atoms with Gasteiger partial charge in [-0.2, -0.15) is 0 Å². The summed E-state index contributed by atoms with van der Waals surface area (Å²) in [5.41, 5.74) is 2.32. The molecule has 0 aliphatic heterocycles. The topological polar surface area (TPSA) is 95.5 Å². The standard InChI is InChI=1S/C16H22N2O4/c1-4-6-13(19)17-9-14(20)18-15(16(21)22)12-8-5-7-10(2)11(12)3/h5,7-8,15H,4,6,9H2,1-3H3,(H,17,19)(H,18,20)(H,21,22). The highest BCUT2D eigenvalue weighted by molar-refractivity contribution is 5.88. The molecule has 0 bridgehead atoms. The summed E-state index contributed by atoms with van der Waals surface area (Å²) in [7, 11) is 0. The number of aryl methyl sites for hydroxylation is 1. The highest BCUT2D eigenvalue weighted by atomic mass is 16.4. The number of amides is 2. The zero-order chi connectivity index (χ0) is 16.7. The number of benzene rings is 1. The van der Waals surface area contributed by atoms with Crippen LogP contribution in [-0.2, 0) is 14.4 Å². The molecule has 0 aliphatic carbocycles. The van der Waals surface area contributed by atoms with Crippen molar-refractivity contribution in [3.8, 4) is 0 Å². The number of carboxylic acid groups (broad SMARTS) is 1. The van der Waals surface area contributed by atoms with Crippen molar-refractivity contribution in [2.75, 3.05) is 6.54 Å². The van der Waals surface area contributed by atoms with E-state index in [0.717, 1.165) is 11.1 Å². The molecule has 3 N–H and O–H groups in total. The number of carboxylic acids is 1. The predicted octanol–water partition coefficient (Wildman–Crippen LogP) is 1.46. The highest BCUT2D eigenvalue weighted by Crippen LogP contribution is 2.20. The molecular weight excluding hydrogens is 284 g/mol. The first kappa shape index (κ1) is 17.7. The quantitative estimate of drug-likeness (QED) is 0.710. The molecule has 1 rings (SSSR count). The van der Waals surface area contributed by atoms with Crippen molar-refractivity contribution < 1.29 is 19.5 Å². The monoisotopic (exact) mass is 306 g/mol. The lowest BCUT2D eigenvalue weighted by molar-refractivity contribution is -0.142. The van der Waals surface area contributed by atoms with Gasteiger partial charge in [0, 0.05) is 6.42 Å². The van der Waals surface area contributed by atoms with Crippen molar-refractivity contribution in [3.63, 3.8) is 0 Å². The van der Waals surface area contributed by atoms with Gasteiger partial charge in [0.2, 0.25) is 11.8 Å². The van der Waals surface area contributed by atoms with E-state index in [4.69, 9.17) is 0 Å². The van der Waals surface area contributed by atoms with Gasteiger partial charge in [0.25, 0.3) is 0 Å². The number of hydrogen-bond donors (Lipinski definition) is 3. The minimum absolute atomic E-state index is 0.226. The second-order valence-corrected chi connectivity index (χ2v) is 5.15. The van der Waals surface area contributed by atoms with E-state index in [9.17, 15) is 19.5 Å². The van der Waals surface area contributed by atoms with Crippen molar-refractivity contribution in [2.24, 2.45) is 0 Å². The molecule has 0 aromatic heterocycles. The Balaban J connectivity index is 2.77. The van der Waals surface area contributed by atoms with Crippen LogP contribution in [0.1, 0.15) is 42.5 Å². The maximum Gasteiger partial charge on any atom is 0.330 e. The molecule has 0 spiro atoms. The van der Waals surface area contributed by atoms with E-state index in [-0.39, 0.29) is 12.5 Å². The third-order valence-corrected chi connectivity index (χ3v) is 3.43. The van der Waals surface area contributed by atoms with Gasteiger partial charge in [0.1, 0.15) is 0 Å². The minimum atomic E-state index is -1.14. The predicted molar refractivity (Wildman–Crippen MR) is 82.4 cm³/mol. The molecule has 6 heteroatoms. The van der Waals surface area contributed by atoms with Crippen LogP contribution in [0.25, 0.3) is 0 Å². The van der Waals surface area contributed by atoms with Crippen LogP contribution in [-0.4, -0.2) is 29.4 Å². The molecule has 0 saturated carbocycles. The Labute approximate surface area is 129 Å². The van der Waals surface area contributed by atoms with Crippen molar-refractivity contribution >= 4 is 17.8 Å². The number of rotatable bonds is 7. The van der Waals surface area contributed by atoms with Crippen molar-refractivity contribution in [3.05, 3.63) is 34.9 Å². The van der Waals surface area contributed by atoms with E-state index in [0.29, 0.717) is 18.4 Å². The summed E-state index contributed by atoms with van der Waals surface area (Å²) in [6.45, 7) is 5.33. The summed E-state index contributed by atoms with van der Waals surface area (Å²) in [6.07, 6.45) is 1.03. The van der Waals surface area contributed by atoms with Crippen LogP contribution in [0.5, 0.6) is 0 Å². The summed E-state index contributed by atoms with van der Waals surface area (Å²) >= 11 is 0. The van der Waals surface area contributed by atoms with Crippen LogP contribution in [0, 0.1) is 13.8 Å². The van der Waals surface area contributed by atoms with E-state index in [1.807, 2.05) is 26.8 Å². The Morgan fingerprint density at radius 2 is 1.86 bits per heavy atom. The lowest BCUT2D eigenvalue weighted by atomic mass is 9.97. The zero-order valence-corrected chi connectivity index (χ0v) is 13.1. The maximum absolute atomic E-state index is 11.8. The molecule has 0 saturated heterocycles. The number of carbonyl (C=O) groups is 3. The second kappa shape index (κ2) is 8.17. The molecule has 1 aromatic rings. The first-order valence-corrected chi connectivity index (χ1v) is 7.21. The SMILES string of the molecule is CCCC(=O)NCC(=O)NC(C(=O)O)c1cccc(C)c1C. The van der Waals surface area contributed by atoms with Gasteiger partial charge in [0.15, 0.2) is 6.04 Å². The molecule has 6 nitrogen and oxygen atoms in total. The average Bonchev–Trinajstić information content (AvgIpc) is 2.46. The van der Waals surface area contributed by atoms with Crippen LogP contribution in [0.3, 0.4) is 0 Å². The first-order valence-electron chi connectivity index (χ1n) is 7.21. The second-order valence-electron chi connectivity index (χ2n) is 5.15. The van der Waals surface area contributed by atoms with E-state index < -0.39 is 17.9 Å². The molecule has 1 aromatic carbocycles. The lowest BCUT2D eigenvalue weighted by Gasteiger charge is -2.18. The van der Waals surface area contributed by atoms with Gasteiger partial charge >= 0.3 is 5.97 Å². The molecule has 1 unspecified atom stereocenters. The van der Waals surface area contributed by atoms with E-state index in [2.05, 4.69) is 10.6 Å². The molecule has 0 radical (unpaired) electrons. The molecular formula is C16H22N2O4. The Kier molecular flexibility index (Phi) is 6.56. The largest absolute Gasteiger partial charge is 0.479 e. The Morgan fingerprint density at radius 1 is 1.18 bits per heavy atom. The van der Waals surface area contributed by atoms with Gasteiger partial charge < -0.3 is 15.7 Å². The molecule has 2 amide bonds. The summed E-state index contributed by atoms with van der Waals surface area (Å²) in [5.74, 6) is -1.89. The lowest BCUT2D eigenvalue weighted by Crippen LogP contribution is -2.41. The minimum Gasteiger partial charge on any atom is -0.479 e. The molecule has 0 aliphatic rings. The molecule has 120 valence electrons. The van der Waals surface area contributed by atoms with Gasteiger partial charge in [-0.05, 0) is 37.0 Å². The summed E-state index contributed by atoms with van der Waals surface area (Å²) in [6, 6.07) is 4.18. The van der Waals surface area contributed by atoms with Gasteiger partial charge in [-0.3, -0.25) is 9.59 Å². The van der Waals surface area contributed by atoms with Crippen LogP contribution in [0.15, 0.2) is 18.2 Å². The molecule has 22 heavy (non-hydrogen) atoms. The van der Waals surface area contributed by atoms with Gasteiger partial charge in [-0.1, -0.05) is 25.1 Å². The van der Waals surface area contributed by atoms with Crippen LogP contribution < -0.4 is 10.6 Å². The average molecular weight is 306 g/mol. The third kappa shape index (κ3) is 4.87. The van der Waals surface area contributed by atoms with E-state index >= 15 is 0 Å². The zero-order valence-electron chi connectivity index (χ0n) is 13.1. The molecule has 0 heterocycles. The summed E-state index contributed by atoms with van der Waals surface area (Å²) in [5, 5.41) is 14.3. The highest BCUT2D eigenvalue weighted by Gasteiger charge is 2.24. The third-order valence-electron chi connectivity index (χ3n) is 3.43. The van der Waals surface area contributed by atoms with Gasteiger partial charge in [0.05, 0.1) is 6.54 Å². The van der Waals surface area contributed by atoms with E-state index in [1.54, 1.807) is 12.1 Å². The van der Waals surface area contributed by atoms with Crippen LogP contribution in [0.2, 0.25) is 0 Å². The molecule has 0 fully saturated rings. The Morgan fingerprint density at radius 3 is 2.45 bits per heavy atom. The maximum atomic E-state index is 11.8. The fourth-order valence-corrected chi connectivity index (χ4v) is 2.07. The fraction of sp³-hybridized carbons (Fsp3) is 0.438. The number of aliphatic carboxylic acids is 1. The Bertz CT molecular complexity index is 569. The van der Waals surface area contributed by atoms with Crippen molar-refractivity contribution in [1.82, 2.24) is 10.6 Å². The normalized spacial score (nSPS) is 11.6. The van der Waals surface area contributed by atoms with Crippen LogP contribution in [0.4, 0.5) is 0 Å². The van der Waals surface area contributed by atoms with Crippen molar-refractivity contribution in [1.29, 1.82) is 0 Å². The van der Waals surface area contributed by atoms with Gasteiger partial charge in [-0.15, -0.1) is 0 Å². The number of hydrogen-bond acceptors (Lipinski definition) is 3.